The lowest BCUT2D eigenvalue weighted by molar-refractivity contribution is 0.0485. The van der Waals surface area contributed by atoms with Crippen LogP contribution in [0.4, 0.5) is 0 Å². The first-order valence-electron chi connectivity index (χ1n) is 6.56. The zero-order valence-corrected chi connectivity index (χ0v) is 11.8. The number of furan rings is 1. The summed E-state index contributed by atoms with van der Waals surface area (Å²) in [7, 11) is 0. The van der Waals surface area contributed by atoms with Gasteiger partial charge in [-0.05, 0) is 32.8 Å². The van der Waals surface area contributed by atoms with Crippen LogP contribution in [0.3, 0.4) is 0 Å². The highest BCUT2D eigenvalue weighted by molar-refractivity contribution is 6.31. The van der Waals surface area contributed by atoms with E-state index in [1.807, 2.05) is 19.9 Å². The number of hydrogen-bond donors (Lipinski definition) is 1. The van der Waals surface area contributed by atoms with Crippen LogP contribution >= 0.6 is 11.6 Å². The summed E-state index contributed by atoms with van der Waals surface area (Å²) in [6, 6.07) is 1.98. The van der Waals surface area contributed by atoms with E-state index in [1.165, 1.54) is 0 Å². The van der Waals surface area contributed by atoms with Crippen molar-refractivity contribution in [2.75, 3.05) is 0 Å². The Bertz CT molecular complexity index is 602. The van der Waals surface area contributed by atoms with Crippen molar-refractivity contribution in [1.82, 2.24) is 9.78 Å². The van der Waals surface area contributed by atoms with E-state index in [-0.39, 0.29) is 6.04 Å². The second-order valence-electron chi connectivity index (χ2n) is 5.35. The number of aryl methyl sites for hydroxylation is 1. The van der Waals surface area contributed by atoms with Gasteiger partial charge in [-0.2, -0.15) is 5.10 Å². The molecule has 4 nitrogen and oxygen atoms in total. The number of hydrogen-bond acceptors (Lipinski definition) is 3. The van der Waals surface area contributed by atoms with Crippen LogP contribution in [0.1, 0.15) is 49.7 Å². The summed E-state index contributed by atoms with van der Waals surface area (Å²) in [5.41, 5.74) is 0.396. The Morgan fingerprint density at radius 3 is 3.05 bits per heavy atom. The molecule has 0 spiro atoms. The summed E-state index contributed by atoms with van der Waals surface area (Å²) in [6.07, 6.45) is 5.60. The maximum Gasteiger partial charge on any atom is 0.136 e. The molecule has 1 N–H and O–H groups in total. The molecule has 0 radical (unpaired) electrons. The van der Waals surface area contributed by atoms with Gasteiger partial charge < -0.3 is 9.52 Å². The van der Waals surface area contributed by atoms with Gasteiger partial charge in [-0.1, -0.05) is 11.6 Å². The molecule has 19 heavy (non-hydrogen) atoms. The van der Waals surface area contributed by atoms with Crippen LogP contribution in [0.2, 0.25) is 5.02 Å². The molecule has 2 aromatic rings. The van der Waals surface area contributed by atoms with Crippen molar-refractivity contribution in [2.45, 2.75) is 44.8 Å². The summed E-state index contributed by atoms with van der Waals surface area (Å²) in [6.45, 7) is 4.05. The molecule has 102 valence electrons. The van der Waals surface area contributed by atoms with Crippen LogP contribution in [0.15, 0.2) is 22.9 Å². The van der Waals surface area contributed by atoms with Crippen LogP contribution < -0.4 is 0 Å². The van der Waals surface area contributed by atoms with Gasteiger partial charge in [0.2, 0.25) is 0 Å². The minimum Gasteiger partial charge on any atom is -0.469 e. The van der Waals surface area contributed by atoms with E-state index < -0.39 is 5.60 Å². The van der Waals surface area contributed by atoms with Crippen LogP contribution in [-0.2, 0) is 12.0 Å². The Morgan fingerprint density at radius 1 is 1.53 bits per heavy atom. The lowest BCUT2D eigenvalue weighted by Gasteiger charge is -2.33. The van der Waals surface area contributed by atoms with Crippen molar-refractivity contribution in [1.29, 1.82) is 0 Å². The van der Waals surface area contributed by atoms with E-state index in [0.717, 1.165) is 24.2 Å². The van der Waals surface area contributed by atoms with E-state index in [0.29, 0.717) is 17.1 Å². The van der Waals surface area contributed by atoms with Crippen molar-refractivity contribution in [3.63, 3.8) is 0 Å². The number of halogens is 1. The molecule has 2 aromatic heterocycles. The third-order valence-electron chi connectivity index (χ3n) is 3.77. The number of aromatic nitrogens is 2. The molecule has 0 saturated carbocycles. The van der Waals surface area contributed by atoms with Gasteiger partial charge in [0, 0.05) is 18.0 Å². The Hall–Kier alpha value is -1.26. The van der Waals surface area contributed by atoms with Gasteiger partial charge in [-0.15, -0.1) is 0 Å². The highest BCUT2D eigenvalue weighted by Crippen LogP contribution is 2.44. The minimum absolute atomic E-state index is 0.142. The van der Waals surface area contributed by atoms with E-state index in [9.17, 15) is 5.11 Å². The standard InChI is InChI=1S/C14H17ClN2O2/c1-9(2)17-13(11(15)8-16-17)14(18)6-3-4-12-10(14)5-7-19-12/h5,7-9,18H,3-4,6H2,1-2H3. The normalized spacial score (nSPS) is 22.8. The molecule has 0 fully saturated rings. The fraction of sp³-hybridized carbons (Fsp3) is 0.500. The minimum atomic E-state index is -1.10. The van der Waals surface area contributed by atoms with Crippen molar-refractivity contribution >= 4 is 11.6 Å². The lowest BCUT2D eigenvalue weighted by Crippen LogP contribution is -2.34. The van der Waals surface area contributed by atoms with Crippen molar-refractivity contribution < 1.29 is 9.52 Å². The predicted octanol–water partition coefficient (Wildman–Crippen LogP) is 3.28. The van der Waals surface area contributed by atoms with Gasteiger partial charge in [0.15, 0.2) is 0 Å². The van der Waals surface area contributed by atoms with Crippen LogP contribution in [0.25, 0.3) is 0 Å². The monoisotopic (exact) mass is 280 g/mol. The largest absolute Gasteiger partial charge is 0.469 e. The number of aliphatic hydroxyl groups is 1. The molecule has 5 heteroatoms. The number of fused-ring (bicyclic) bond motifs is 1. The third kappa shape index (κ3) is 1.82. The third-order valence-corrected chi connectivity index (χ3v) is 4.04. The van der Waals surface area contributed by atoms with Gasteiger partial charge in [-0.25, -0.2) is 0 Å². The van der Waals surface area contributed by atoms with Gasteiger partial charge >= 0.3 is 0 Å². The summed E-state index contributed by atoms with van der Waals surface area (Å²) in [4.78, 5) is 0. The van der Waals surface area contributed by atoms with Gasteiger partial charge in [0.05, 0.1) is 23.2 Å². The van der Waals surface area contributed by atoms with Gasteiger partial charge in [0.1, 0.15) is 11.4 Å². The molecule has 0 amide bonds. The van der Waals surface area contributed by atoms with Crippen LogP contribution in [0.5, 0.6) is 0 Å². The molecule has 0 saturated heterocycles. The average molecular weight is 281 g/mol. The Morgan fingerprint density at radius 2 is 2.32 bits per heavy atom. The summed E-state index contributed by atoms with van der Waals surface area (Å²) >= 11 is 6.27. The number of nitrogens with zero attached hydrogens (tertiary/aromatic N) is 2. The molecule has 1 atom stereocenters. The fourth-order valence-electron chi connectivity index (χ4n) is 2.91. The first kappa shape index (κ1) is 12.8. The van der Waals surface area contributed by atoms with E-state index >= 15 is 0 Å². The first-order chi connectivity index (χ1) is 9.04. The second-order valence-corrected chi connectivity index (χ2v) is 5.76. The quantitative estimate of drug-likeness (QED) is 0.918. The Kier molecular flexibility index (Phi) is 2.95. The maximum absolute atomic E-state index is 11.2. The van der Waals surface area contributed by atoms with Crippen LogP contribution in [-0.4, -0.2) is 14.9 Å². The highest BCUT2D eigenvalue weighted by Gasteiger charge is 2.42. The molecule has 1 aliphatic rings. The molecule has 1 unspecified atom stereocenters. The predicted molar refractivity (Wildman–Crippen MR) is 72.3 cm³/mol. The second kappa shape index (κ2) is 4.39. The van der Waals surface area contributed by atoms with E-state index in [2.05, 4.69) is 5.10 Å². The fourth-order valence-corrected chi connectivity index (χ4v) is 3.19. The Balaban J connectivity index is 2.20. The molecular weight excluding hydrogens is 264 g/mol. The average Bonchev–Trinajstić information content (AvgIpc) is 2.96. The summed E-state index contributed by atoms with van der Waals surface area (Å²) in [5, 5.41) is 16.0. The van der Waals surface area contributed by atoms with Gasteiger partial charge in [0.25, 0.3) is 0 Å². The Labute approximate surface area is 117 Å². The van der Waals surface area contributed by atoms with Crippen molar-refractivity contribution in [2.24, 2.45) is 0 Å². The molecule has 3 rings (SSSR count). The van der Waals surface area contributed by atoms with E-state index in [1.54, 1.807) is 17.1 Å². The molecule has 0 aliphatic heterocycles. The number of rotatable bonds is 2. The lowest BCUT2D eigenvalue weighted by atomic mass is 9.80. The molecule has 0 bridgehead atoms. The smallest absolute Gasteiger partial charge is 0.136 e. The first-order valence-corrected chi connectivity index (χ1v) is 6.94. The molecule has 2 heterocycles. The van der Waals surface area contributed by atoms with Crippen LogP contribution in [0, 0.1) is 0 Å². The van der Waals surface area contributed by atoms with Crippen molar-refractivity contribution in [3.8, 4) is 0 Å². The molecule has 0 aromatic carbocycles. The maximum atomic E-state index is 11.2. The SMILES string of the molecule is CC(C)n1ncc(Cl)c1C1(O)CCCc2occc21. The zero-order valence-electron chi connectivity index (χ0n) is 11.1. The van der Waals surface area contributed by atoms with Gasteiger partial charge in [-0.3, -0.25) is 4.68 Å². The summed E-state index contributed by atoms with van der Waals surface area (Å²) < 4.78 is 7.25. The topological polar surface area (TPSA) is 51.2 Å². The molecule has 1 aliphatic carbocycles. The zero-order chi connectivity index (χ0) is 13.6. The molecular formula is C14H17ClN2O2. The van der Waals surface area contributed by atoms with Crippen molar-refractivity contribution in [3.05, 3.63) is 40.6 Å². The van der Waals surface area contributed by atoms with E-state index in [4.69, 9.17) is 16.0 Å². The highest BCUT2D eigenvalue weighted by atomic mass is 35.5. The summed E-state index contributed by atoms with van der Waals surface area (Å²) in [5.74, 6) is 0.848.